The van der Waals surface area contributed by atoms with Gasteiger partial charge < -0.3 is 14.6 Å². The fraction of sp³-hybridized carbons (Fsp3) is 0.667. The summed E-state index contributed by atoms with van der Waals surface area (Å²) in [4.78, 5) is 14.8. The van der Waals surface area contributed by atoms with E-state index in [1.807, 2.05) is 17.9 Å². The fourth-order valence-electron chi connectivity index (χ4n) is 2.77. The van der Waals surface area contributed by atoms with Gasteiger partial charge in [-0.05, 0) is 38.4 Å². The monoisotopic (exact) mass is 264 g/mol. The predicted molar refractivity (Wildman–Crippen MR) is 75.3 cm³/mol. The van der Waals surface area contributed by atoms with Crippen molar-refractivity contribution in [2.45, 2.75) is 45.6 Å². The Bertz CT molecular complexity index is 408. The zero-order valence-corrected chi connectivity index (χ0v) is 11.9. The Balaban J connectivity index is 2.15. The summed E-state index contributed by atoms with van der Waals surface area (Å²) < 4.78 is 5.39. The van der Waals surface area contributed by atoms with E-state index in [-0.39, 0.29) is 5.91 Å². The average molecular weight is 264 g/mol. The van der Waals surface area contributed by atoms with E-state index in [1.54, 1.807) is 6.26 Å². The standard InChI is InChI=1S/C15H24N2O2/c1-3-10-17(12-5-8-16-9-6-12)15(18)13-7-11-19-14(13)4-2/h7,11-12,16H,3-6,8-10H2,1-2H3. The summed E-state index contributed by atoms with van der Waals surface area (Å²) >= 11 is 0. The third-order valence-corrected chi connectivity index (χ3v) is 3.77. The van der Waals surface area contributed by atoms with E-state index in [0.29, 0.717) is 6.04 Å². The Kier molecular flexibility index (Phi) is 5.02. The molecule has 0 aromatic carbocycles. The summed E-state index contributed by atoms with van der Waals surface area (Å²) in [6.07, 6.45) is 5.48. The molecule has 0 unspecified atom stereocenters. The van der Waals surface area contributed by atoms with E-state index in [9.17, 15) is 4.79 Å². The molecule has 0 radical (unpaired) electrons. The number of carbonyl (C=O) groups is 1. The number of nitrogens with zero attached hydrogens (tertiary/aromatic N) is 1. The molecule has 1 saturated heterocycles. The van der Waals surface area contributed by atoms with Crippen LogP contribution in [0.5, 0.6) is 0 Å². The smallest absolute Gasteiger partial charge is 0.257 e. The van der Waals surface area contributed by atoms with Gasteiger partial charge in [0.05, 0.1) is 11.8 Å². The Morgan fingerprint density at radius 2 is 2.16 bits per heavy atom. The maximum absolute atomic E-state index is 12.7. The van der Waals surface area contributed by atoms with Crippen LogP contribution in [0.3, 0.4) is 0 Å². The van der Waals surface area contributed by atoms with E-state index in [1.165, 1.54) is 0 Å². The maximum Gasteiger partial charge on any atom is 0.257 e. The quantitative estimate of drug-likeness (QED) is 0.888. The first kappa shape index (κ1) is 14.1. The van der Waals surface area contributed by atoms with Crippen LogP contribution in [-0.2, 0) is 6.42 Å². The first-order chi connectivity index (χ1) is 9.27. The molecule has 1 aromatic rings. The highest BCUT2D eigenvalue weighted by molar-refractivity contribution is 5.95. The number of amides is 1. The molecule has 106 valence electrons. The van der Waals surface area contributed by atoms with E-state index in [2.05, 4.69) is 12.2 Å². The molecule has 0 atom stereocenters. The first-order valence-electron chi connectivity index (χ1n) is 7.36. The minimum absolute atomic E-state index is 0.138. The van der Waals surface area contributed by atoms with Crippen LogP contribution >= 0.6 is 0 Å². The minimum Gasteiger partial charge on any atom is -0.469 e. The van der Waals surface area contributed by atoms with Crippen molar-refractivity contribution in [2.24, 2.45) is 0 Å². The normalized spacial score (nSPS) is 16.5. The Hall–Kier alpha value is -1.29. The van der Waals surface area contributed by atoms with Crippen molar-refractivity contribution in [3.63, 3.8) is 0 Å². The average Bonchev–Trinajstić information content (AvgIpc) is 2.93. The molecule has 2 heterocycles. The number of hydrogen-bond acceptors (Lipinski definition) is 3. The van der Waals surface area contributed by atoms with Crippen LogP contribution in [-0.4, -0.2) is 36.5 Å². The predicted octanol–water partition coefficient (Wildman–Crippen LogP) is 2.45. The molecule has 0 aliphatic carbocycles. The van der Waals surface area contributed by atoms with E-state index < -0.39 is 0 Å². The molecule has 1 N–H and O–H groups in total. The molecule has 1 amide bonds. The minimum atomic E-state index is 0.138. The number of nitrogens with one attached hydrogen (secondary N) is 1. The lowest BCUT2D eigenvalue weighted by atomic mass is 10.0. The highest BCUT2D eigenvalue weighted by atomic mass is 16.3. The molecule has 1 fully saturated rings. The second-order valence-electron chi connectivity index (χ2n) is 5.09. The molecule has 1 aliphatic rings. The van der Waals surface area contributed by atoms with Crippen molar-refractivity contribution in [3.05, 3.63) is 23.7 Å². The number of aryl methyl sites for hydroxylation is 1. The molecule has 0 saturated carbocycles. The van der Waals surface area contributed by atoms with Gasteiger partial charge in [-0.25, -0.2) is 0 Å². The maximum atomic E-state index is 12.7. The Morgan fingerprint density at radius 1 is 1.42 bits per heavy atom. The second-order valence-corrected chi connectivity index (χ2v) is 5.09. The van der Waals surface area contributed by atoms with Crippen LogP contribution in [0.25, 0.3) is 0 Å². The van der Waals surface area contributed by atoms with Crippen molar-refractivity contribution in [3.8, 4) is 0 Å². The molecule has 0 spiro atoms. The van der Waals surface area contributed by atoms with Crippen molar-refractivity contribution in [2.75, 3.05) is 19.6 Å². The van der Waals surface area contributed by atoms with Crippen LogP contribution < -0.4 is 5.32 Å². The summed E-state index contributed by atoms with van der Waals surface area (Å²) in [6, 6.07) is 2.18. The van der Waals surface area contributed by atoms with E-state index in [0.717, 1.165) is 56.6 Å². The molecule has 1 aromatic heterocycles. The number of rotatable bonds is 5. The van der Waals surface area contributed by atoms with Gasteiger partial charge in [0.25, 0.3) is 5.91 Å². The summed E-state index contributed by atoms with van der Waals surface area (Å²) in [6.45, 7) is 6.98. The van der Waals surface area contributed by atoms with Gasteiger partial charge in [-0.2, -0.15) is 0 Å². The van der Waals surface area contributed by atoms with Crippen molar-refractivity contribution >= 4 is 5.91 Å². The zero-order valence-electron chi connectivity index (χ0n) is 11.9. The van der Waals surface area contributed by atoms with Crippen LogP contribution in [0.1, 0.15) is 49.2 Å². The number of piperidine rings is 1. The summed E-state index contributed by atoms with van der Waals surface area (Å²) in [5, 5.41) is 3.35. The largest absolute Gasteiger partial charge is 0.469 e. The molecule has 4 heteroatoms. The lowest BCUT2D eigenvalue weighted by Crippen LogP contribution is -2.46. The third kappa shape index (κ3) is 3.18. The molecular formula is C15H24N2O2. The van der Waals surface area contributed by atoms with E-state index in [4.69, 9.17) is 4.42 Å². The summed E-state index contributed by atoms with van der Waals surface area (Å²) in [7, 11) is 0. The van der Waals surface area contributed by atoms with Gasteiger partial charge in [-0.15, -0.1) is 0 Å². The summed E-state index contributed by atoms with van der Waals surface area (Å²) in [5.74, 6) is 0.944. The topological polar surface area (TPSA) is 45.5 Å². The van der Waals surface area contributed by atoms with Gasteiger partial charge in [0.15, 0.2) is 0 Å². The fourth-order valence-corrected chi connectivity index (χ4v) is 2.77. The van der Waals surface area contributed by atoms with Gasteiger partial charge in [0.1, 0.15) is 5.76 Å². The van der Waals surface area contributed by atoms with Crippen molar-refractivity contribution < 1.29 is 9.21 Å². The third-order valence-electron chi connectivity index (χ3n) is 3.77. The van der Waals surface area contributed by atoms with Crippen LogP contribution in [0.2, 0.25) is 0 Å². The number of carbonyl (C=O) groups excluding carboxylic acids is 1. The molecule has 1 aliphatic heterocycles. The lowest BCUT2D eigenvalue weighted by Gasteiger charge is -2.34. The van der Waals surface area contributed by atoms with Gasteiger partial charge in [-0.3, -0.25) is 4.79 Å². The van der Waals surface area contributed by atoms with Crippen LogP contribution in [0.4, 0.5) is 0 Å². The molecule has 19 heavy (non-hydrogen) atoms. The van der Waals surface area contributed by atoms with Gasteiger partial charge in [0.2, 0.25) is 0 Å². The zero-order chi connectivity index (χ0) is 13.7. The lowest BCUT2D eigenvalue weighted by molar-refractivity contribution is 0.0640. The highest BCUT2D eigenvalue weighted by Gasteiger charge is 2.27. The SMILES string of the molecule is CCCN(C(=O)c1ccoc1CC)C1CCNCC1. The van der Waals surface area contributed by atoms with Gasteiger partial charge in [0, 0.05) is 19.0 Å². The van der Waals surface area contributed by atoms with Crippen LogP contribution in [0.15, 0.2) is 16.7 Å². The number of furan rings is 1. The number of hydrogen-bond donors (Lipinski definition) is 1. The van der Waals surface area contributed by atoms with Crippen LogP contribution in [0, 0.1) is 0 Å². The summed E-state index contributed by atoms with van der Waals surface area (Å²) in [5.41, 5.74) is 0.745. The van der Waals surface area contributed by atoms with Crippen molar-refractivity contribution in [1.29, 1.82) is 0 Å². The first-order valence-corrected chi connectivity index (χ1v) is 7.36. The molecule has 4 nitrogen and oxygen atoms in total. The Morgan fingerprint density at radius 3 is 2.79 bits per heavy atom. The van der Waals surface area contributed by atoms with Gasteiger partial charge in [-0.1, -0.05) is 13.8 Å². The van der Waals surface area contributed by atoms with Crippen molar-refractivity contribution in [1.82, 2.24) is 10.2 Å². The Labute approximate surface area is 115 Å². The second kappa shape index (κ2) is 6.75. The molecular weight excluding hydrogens is 240 g/mol. The molecule has 0 bridgehead atoms. The molecule has 2 rings (SSSR count). The van der Waals surface area contributed by atoms with Gasteiger partial charge >= 0.3 is 0 Å². The van der Waals surface area contributed by atoms with E-state index >= 15 is 0 Å². The highest BCUT2D eigenvalue weighted by Crippen LogP contribution is 2.19.